The summed E-state index contributed by atoms with van der Waals surface area (Å²) < 4.78 is 33.9. The first-order chi connectivity index (χ1) is 14.5. The number of halogens is 1. The number of benzene rings is 2. The van der Waals surface area contributed by atoms with Crippen LogP contribution in [0.15, 0.2) is 59.2 Å². The van der Waals surface area contributed by atoms with Crippen LogP contribution in [-0.4, -0.2) is 31.0 Å². The molecule has 3 aromatic rings. The molecule has 156 valence electrons. The summed E-state index contributed by atoms with van der Waals surface area (Å²) >= 11 is 0. The minimum absolute atomic E-state index is 0.0404. The van der Waals surface area contributed by atoms with Gasteiger partial charge in [0, 0.05) is 0 Å². The Labute approximate surface area is 172 Å². The number of carbonyl (C=O) groups excluding carboxylic acids is 2. The molecule has 1 heterocycles. The van der Waals surface area contributed by atoms with Crippen molar-refractivity contribution >= 4 is 11.8 Å². The fourth-order valence-corrected chi connectivity index (χ4v) is 2.78. The van der Waals surface area contributed by atoms with E-state index in [1.807, 2.05) is 24.3 Å². The van der Waals surface area contributed by atoms with Crippen molar-refractivity contribution in [3.05, 3.63) is 83.3 Å². The molecule has 0 amide bonds. The molecule has 0 N–H and O–H groups in total. The van der Waals surface area contributed by atoms with E-state index in [-0.39, 0.29) is 18.2 Å². The van der Waals surface area contributed by atoms with Crippen LogP contribution in [0.3, 0.4) is 0 Å². The van der Waals surface area contributed by atoms with Gasteiger partial charge in [0.15, 0.2) is 0 Å². The molecule has 8 heteroatoms. The van der Waals surface area contributed by atoms with E-state index in [9.17, 15) is 14.0 Å². The van der Waals surface area contributed by atoms with E-state index in [4.69, 9.17) is 18.6 Å². The van der Waals surface area contributed by atoms with Gasteiger partial charge in [0.25, 0.3) is 0 Å². The molecule has 3 rings (SSSR count). The van der Waals surface area contributed by atoms with Gasteiger partial charge in [-0.2, -0.15) is 0 Å². The molecule has 0 bridgehead atoms. The van der Waals surface area contributed by atoms with Crippen molar-refractivity contribution in [3.63, 3.8) is 0 Å². The molecule has 0 aliphatic carbocycles. The van der Waals surface area contributed by atoms with Crippen LogP contribution in [0, 0.1) is 5.82 Å². The normalized spacial score (nSPS) is 11.7. The van der Waals surface area contributed by atoms with Gasteiger partial charge in [0.05, 0.1) is 20.8 Å². The molecule has 0 saturated heterocycles. The van der Waals surface area contributed by atoms with E-state index < -0.39 is 23.5 Å². The predicted molar refractivity (Wildman–Crippen MR) is 103 cm³/mol. The number of rotatable bonds is 9. The summed E-state index contributed by atoms with van der Waals surface area (Å²) in [6.45, 7) is 0.356. The lowest BCUT2D eigenvalue weighted by molar-refractivity contribution is -0.141. The first-order valence-corrected chi connectivity index (χ1v) is 9.04. The number of hydrogen-bond donors (Lipinski definition) is 0. The van der Waals surface area contributed by atoms with Crippen LogP contribution in [0.4, 0.5) is 4.39 Å². The Morgan fingerprint density at radius 3 is 2.37 bits per heavy atom. The Balaban J connectivity index is 1.65. The summed E-state index contributed by atoms with van der Waals surface area (Å²) in [6.07, 6.45) is 1.16. The number of hydrogen-bond acceptors (Lipinski definition) is 7. The molecule has 0 fully saturated rings. The molecule has 0 aliphatic rings. The minimum Gasteiger partial charge on any atom is -0.497 e. The molecule has 1 unspecified atom stereocenters. The highest BCUT2D eigenvalue weighted by atomic mass is 19.1. The number of oxazole rings is 1. The molecular formula is C22H20FNO6. The van der Waals surface area contributed by atoms with Crippen molar-refractivity contribution < 1.29 is 32.6 Å². The maximum absolute atomic E-state index is 13.2. The topological polar surface area (TPSA) is 87.9 Å². The van der Waals surface area contributed by atoms with Crippen LogP contribution in [0.5, 0.6) is 5.75 Å². The largest absolute Gasteiger partial charge is 0.497 e. The molecule has 1 atom stereocenters. The van der Waals surface area contributed by atoms with Gasteiger partial charge >= 0.3 is 5.97 Å². The number of carbonyl (C=O) groups is 2. The maximum atomic E-state index is 13.2. The highest BCUT2D eigenvalue weighted by Crippen LogP contribution is 2.23. The van der Waals surface area contributed by atoms with Crippen molar-refractivity contribution in [1.82, 2.24) is 4.98 Å². The van der Waals surface area contributed by atoms with Gasteiger partial charge in [-0.1, -0.05) is 24.3 Å². The molecule has 0 spiro atoms. The van der Waals surface area contributed by atoms with E-state index in [0.29, 0.717) is 12.2 Å². The van der Waals surface area contributed by atoms with Crippen LogP contribution in [0.2, 0.25) is 0 Å². The third kappa shape index (κ3) is 5.09. The summed E-state index contributed by atoms with van der Waals surface area (Å²) in [4.78, 5) is 29.1. The molecule has 0 aliphatic heterocycles. The van der Waals surface area contributed by atoms with Gasteiger partial charge in [0.1, 0.15) is 36.0 Å². The molecular weight excluding hydrogens is 393 g/mol. The number of esters is 1. The molecule has 1 aromatic heterocycles. The fraction of sp³-hybridized carbons (Fsp3) is 0.227. The van der Waals surface area contributed by atoms with Crippen molar-refractivity contribution in [2.45, 2.75) is 19.1 Å². The average Bonchev–Trinajstić information content (AvgIpc) is 3.24. The predicted octanol–water partition coefficient (Wildman–Crippen LogP) is 3.68. The third-order valence-electron chi connectivity index (χ3n) is 4.36. The number of nitrogens with zero attached hydrogens (tertiary/aromatic N) is 1. The molecule has 2 aromatic carbocycles. The molecule has 7 nitrogen and oxygen atoms in total. The quantitative estimate of drug-likeness (QED) is 0.300. The lowest BCUT2D eigenvalue weighted by Crippen LogP contribution is -2.23. The number of aromatic nitrogens is 1. The molecule has 30 heavy (non-hydrogen) atoms. The second-order valence-electron chi connectivity index (χ2n) is 6.34. The Morgan fingerprint density at radius 1 is 1.03 bits per heavy atom. The average molecular weight is 413 g/mol. The van der Waals surface area contributed by atoms with E-state index in [2.05, 4.69) is 4.98 Å². The summed E-state index contributed by atoms with van der Waals surface area (Å²) in [5.74, 6) is -2.20. The number of Topliss-reactive ketones (excluding diaryl/α,β-unsaturated/α-hetero) is 1. The highest BCUT2D eigenvalue weighted by Gasteiger charge is 2.32. The van der Waals surface area contributed by atoms with Crippen LogP contribution in [0.1, 0.15) is 33.4 Å². The first-order valence-electron chi connectivity index (χ1n) is 9.04. The van der Waals surface area contributed by atoms with Crippen molar-refractivity contribution in [2.75, 3.05) is 14.2 Å². The Hall–Kier alpha value is -3.52. The van der Waals surface area contributed by atoms with Gasteiger partial charge in [-0.05, 0) is 35.4 Å². The Kier molecular flexibility index (Phi) is 6.92. The van der Waals surface area contributed by atoms with Crippen LogP contribution in [0.25, 0.3) is 0 Å². The lowest BCUT2D eigenvalue weighted by Gasteiger charge is -2.12. The van der Waals surface area contributed by atoms with Gasteiger partial charge in [-0.25, -0.2) is 9.37 Å². The summed E-state index contributed by atoms with van der Waals surface area (Å²) in [5.41, 5.74) is 1.19. The lowest BCUT2D eigenvalue weighted by atomic mass is 9.93. The monoisotopic (exact) mass is 413 g/mol. The standard InChI is InChI=1S/C22H20FNO6/c1-27-17-9-3-14(4-10-17)11-29-13-19-24-18(12-30-19)21(25)20(22(26)28-2)15-5-7-16(23)8-6-15/h3-10,12,20H,11,13H2,1-2H3. The SMILES string of the molecule is COC(=O)C(C(=O)c1coc(COCc2ccc(OC)cc2)n1)c1ccc(F)cc1. The third-order valence-corrected chi connectivity index (χ3v) is 4.36. The Bertz CT molecular complexity index is 997. The van der Waals surface area contributed by atoms with Gasteiger partial charge < -0.3 is 18.6 Å². The Morgan fingerprint density at radius 2 is 1.73 bits per heavy atom. The van der Waals surface area contributed by atoms with E-state index in [1.165, 1.54) is 31.4 Å². The summed E-state index contributed by atoms with van der Waals surface area (Å²) in [6, 6.07) is 12.4. The smallest absolute Gasteiger partial charge is 0.321 e. The van der Waals surface area contributed by atoms with Gasteiger partial charge in [-0.15, -0.1) is 0 Å². The van der Waals surface area contributed by atoms with Crippen molar-refractivity contribution in [2.24, 2.45) is 0 Å². The van der Waals surface area contributed by atoms with E-state index in [0.717, 1.165) is 17.6 Å². The minimum atomic E-state index is -1.27. The van der Waals surface area contributed by atoms with Gasteiger partial charge in [0.2, 0.25) is 11.7 Å². The summed E-state index contributed by atoms with van der Waals surface area (Å²) in [5, 5.41) is 0. The molecule has 0 radical (unpaired) electrons. The highest BCUT2D eigenvalue weighted by molar-refractivity contribution is 6.11. The second kappa shape index (κ2) is 9.80. The number of ether oxygens (including phenoxy) is 3. The maximum Gasteiger partial charge on any atom is 0.321 e. The van der Waals surface area contributed by atoms with Crippen molar-refractivity contribution in [1.29, 1.82) is 0 Å². The zero-order valence-corrected chi connectivity index (χ0v) is 16.5. The zero-order valence-electron chi connectivity index (χ0n) is 16.5. The second-order valence-corrected chi connectivity index (χ2v) is 6.34. The van der Waals surface area contributed by atoms with E-state index >= 15 is 0 Å². The van der Waals surface area contributed by atoms with E-state index in [1.54, 1.807) is 7.11 Å². The van der Waals surface area contributed by atoms with Gasteiger partial charge in [-0.3, -0.25) is 9.59 Å². The number of ketones is 1. The first kappa shape index (κ1) is 21.2. The summed E-state index contributed by atoms with van der Waals surface area (Å²) in [7, 11) is 2.77. The van der Waals surface area contributed by atoms with Crippen molar-refractivity contribution in [3.8, 4) is 5.75 Å². The van der Waals surface area contributed by atoms with Crippen LogP contribution in [-0.2, 0) is 27.5 Å². The molecule has 0 saturated carbocycles. The van der Waals surface area contributed by atoms with Crippen LogP contribution >= 0.6 is 0 Å². The fourth-order valence-electron chi connectivity index (χ4n) is 2.78. The number of methoxy groups -OCH3 is 2. The zero-order chi connectivity index (χ0) is 21.5. The van der Waals surface area contributed by atoms with Crippen LogP contribution < -0.4 is 4.74 Å².